The van der Waals surface area contributed by atoms with Crippen molar-refractivity contribution in [2.24, 2.45) is 18.7 Å². The van der Waals surface area contributed by atoms with Crippen molar-refractivity contribution in [1.82, 2.24) is 14.5 Å². The second kappa shape index (κ2) is 6.16. The average Bonchev–Trinajstić information content (AvgIpc) is 2.85. The fourth-order valence-corrected chi connectivity index (χ4v) is 3.57. The van der Waals surface area contributed by atoms with Crippen LogP contribution in [0.2, 0.25) is 0 Å². The number of nitrogens with two attached hydrogens (primary N) is 1. The molecule has 1 aliphatic heterocycles. The molecule has 1 aromatic heterocycles. The van der Waals surface area contributed by atoms with Crippen LogP contribution in [0.3, 0.4) is 0 Å². The van der Waals surface area contributed by atoms with Gasteiger partial charge in [0, 0.05) is 7.05 Å². The third-order valence-electron chi connectivity index (χ3n) is 4.97. The van der Waals surface area contributed by atoms with Crippen molar-refractivity contribution < 1.29 is 0 Å². The number of aromatic nitrogens is 2. The number of fused-ring (bicyclic) bond motifs is 1. The van der Waals surface area contributed by atoms with E-state index in [0.29, 0.717) is 6.04 Å². The topological polar surface area (TPSA) is 47.1 Å². The number of imidazole rings is 1. The molecule has 4 heteroatoms. The molecule has 2 heterocycles. The molecule has 0 amide bonds. The lowest BCUT2D eigenvalue weighted by molar-refractivity contribution is 0.132. The Kier molecular flexibility index (Phi) is 4.27. The minimum absolute atomic E-state index is 0.376. The van der Waals surface area contributed by atoms with E-state index in [1.807, 2.05) is 0 Å². The van der Waals surface area contributed by atoms with Gasteiger partial charge in [-0.25, -0.2) is 4.98 Å². The van der Waals surface area contributed by atoms with Gasteiger partial charge in [0.1, 0.15) is 5.82 Å². The van der Waals surface area contributed by atoms with E-state index >= 15 is 0 Å². The predicted octanol–water partition coefficient (Wildman–Crippen LogP) is 2.70. The molecule has 1 aromatic carbocycles. The van der Waals surface area contributed by atoms with Gasteiger partial charge in [0.15, 0.2) is 0 Å². The van der Waals surface area contributed by atoms with Crippen LogP contribution in [0.1, 0.15) is 38.1 Å². The summed E-state index contributed by atoms with van der Waals surface area (Å²) in [5.41, 5.74) is 8.00. The third kappa shape index (κ3) is 2.83. The number of likely N-dealkylation sites (tertiary alicyclic amines) is 1. The van der Waals surface area contributed by atoms with Crippen LogP contribution in [0.25, 0.3) is 11.0 Å². The van der Waals surface area contributed by atoms with Crippen LogP contribution < -0.4 is 5.73 Å². The number of para-hydroxylation sites is 2. The molecule has 0 saturated carbocycles. The molecule has 1 atom stereocenters. The van der Waals surface area contributed by atoms with Crippen molar-refractivity contribution in [3.63, 3.8) is 0 Å². The summed E-state index contributed by atoms with van der Waals surface area (Å²) in [5, 5.41) is 0. The van der Waals surface area contributed by atoms with Crippen molar-refractivity contribution in [1.29, 1.82) is 0 Å². The maximum absolute atomic E-state index is 5.68. The van der Waals surface area contributed by atoms with Gasteiger partial charge in [-0.2, -0.15) is 0 Å². The minimum atomic E-state index is 0.376. The van der Waals surface area contributed by atoms with Gasteiger partial charge in [0.2, 0.25) is 0 Å². The molecule has 0 spiro atoms. The number of rotatable bonds is 4. The molecule has 4 nitrogen and oxygen atoms in total. The Morgan fingerprint density at radius 2 is 2.00 bits per heavy atom. The number of hydrogen-bond donors (Lipinski definition) is 1. The van der Waals surface area contributed by atoms with Gasteiger partial charge in [0.25, 0.3) is 0 Å². The van der Waals surface area contributed by atoms with Crippen LogP contribution >= 0.6 is 0 Å². The minimum Gasteiger partial charge on any atom is -0.330 e. The number of aryl methyl sites for hydroxylation is 1. The molecule has 1 saturated heterocycles. The fraction of sp³-hybridized carbons (Fsp3) is 0.588. The first-order valence-corrected chi connectivity index (χ1v) is 8.06. The highest BCUT2D eigenvalue weighted by Gasteiger charge is 2.25. The summed E-state index contributed by atoms with van der Waals surface area (Å²) in [6.07, 6.45) is 3.71. The Morgan fingerprint density at radius 1 is 1.29 bits per heavy atom. The molecule has 0 radical (unpaired) electrons. The Bertz CT molecular complexity index is 596. The van der Waals surface area contributed by atoms with Crippen molar-refractivity contribution >= 4 is 11.0 Å². The molecular formula is C17H26N4. The van der Waals surface area contributed by atoms with E-state index < -0.39 is 0 Å². The molecule has 1 fully saturated rings. The summed E-state index contributed by atoms with van der Waals surface area (Å²) in [6, 6.07) is 8.76. The lowest BCUT2D eigenvalue weighted by atomic mass is 9.93. The first-order chi connectivity index (χ1) is 10.2. The third-order valence-corrected chi connectivity index (χ3v) is 4.97. The van der Waals surface area contributed by atoms with Crippen LogP contribution in [-0.2, 0) is 7.05 Å². The normalized spacial score (nSPS) is 19.2. The maximum Gasteiger partial charge on any atom is 0.126 e. The predicted molar refractivity (Wildman–Crippen MR) is 87.1 cm³/mol. The Balaban J connectivity index is 1.75. The molecule has 3 rings (SSSR count). The zero-order valence-corrected chi connectivity index (χ0v) is 13.1. The Labute approximate surface area is 126 Å². The molecule has 0 aliphatic carbocycles. The van der Waals surface area contributed by atoms with Crippen LogP contribution in [0, 0.1) is 5.92 Å². The quantitative estimate of drug-likeness (QED) is 0.940. The highest BCUT2D eigenvalue weighted by Crippen LogP contribution is 2.28. The van der Waals surface area contributed by atoms with E-state index in [0.717, 1.165) is 31.1 Å². The second-order valence-electron chi connectivity index (χ2n) is 6.25. The molecule has 21 heavy (non-hydrogen) atoms. The van der Waals surface area contributed by atoms with Crippen LogP contribution in [0.15, 0.2) is 24.3 Å². The lowest BCUT2D eigenvalue weighted by Crippen LogP contribution is -2.37. The summed E-state index contributed by atoms with van der Waals surface area (Å²) in [5.74, 6) is 1.99. The highest BCUT2D eigenvalue weighted by atomic mass is 15.2. The van der Waals surface area contributed by atoms with Gasteiger partial charge in [-0.3, -0.25) is 4.90 Å². The number of piperidine rings is 1. The molecule has 2 aromatic rings. The number of benzene rings is 1. The van der Waals surface area contributed by atoms with E-state index in [1.165, 1.54) is 30.6 Å². The fourth-order valence-electron chi connectivity index (χ4n) is 3.57. The summed E-state index contributed by atoms with van der Waals surface area (Å²) in [4.78, 5) is 7.41. The van der Waals surface area contributed by atoms with Gasteiger partial charge < -0.3 is 10.3 Å². The standard InChI is InChI=1S/C17H26N4/c1-13(21-11-8-14(7-10-18)9-12-21)17-19-15-5-3-4-6-16(15)20(17)2/h3-6,13-14H,7-12,18H2,1-2H3. The van der Waals surface area contributed by atoms with Gasteiger partial charge in [-0.05, 0) is 63.9 Å². The van der Waals surface area contributed by atoms with Crippen LogP contribution in [0.4, 0.5) is 0 Å². The SMILES string of the molecule is CC(c1nc2ccccc2n1C)N1CCC(CCN)CC1. The Morgan fingerprint density at radius 3 is 2.67 bits per heavy atom. The largest absolute Gasteiger partial charge is 0.330 e. The number of hydrogen-bond acceptors (Lipinski definition) is 3. The van der Waals surface area contributed by atoms with Crippen molar-refractivity contribution in [3.05, 3.63) is 30.1 Å². The maximum atomic E-state index is 5.68. The molecule has 0 bridgehead atoms. The van der Waals surface area contributed by atoms with Gasteiger partial charge >= 0.3 is 0 Å². The van der Waals surface area contributed by atoms with E-state index in [2.05, 4.69) is 47.7 Å². The van der Waals surface area contributed by atoms with E-state index in [4.69, 9.17) is 10.7 Å². The van der Waals surface area contributed by atoms with Crippen molar-refractivity contribution in [2.45, 2.75) is 32.2 Å². The summed E-state index contributed by atoms with van der Waals surface area (Å²) < 4.78 is 2.24. The van der Waals surface area contributed by atoms with Crippen molar-refractivity contribution in [3.8, 4) is 0 Å². The molecular weight excluding hydrogens is 260 g/mol. The van der Waals surface area contributed by atoms with Gasteiger partial charge in [-0.15, -0.1) is 0 Å². The average molecular weight is 286 g/mol. The lowest BCUT2D eigenvalue weighted by Gasteiger charge is -2.35. The first kappa shape index (κ1) is 14.5. The van der Waals surface area contributed by atoms with E-state index in [1.54, 1.807) is 0 Å². The van der Waals surface area contributed by atoms with Crippen LogP contribution in [0.5, 0.6) is 0 Å². The summed E-state index contributed by atoms with van der Waals surface area (Å²) >= 11 is 0. The van der Waals surface area contributed by atoms with Crippen LogP contribution in [-0.4, -0.2) is 34.1 Å². The second-order valence-corrected chi connectivity index (χ2v) is 6.25. The van der Waals surface area contributed by atoms with Gasteiger partial charge in [-0.1, -0.05) is 12.1 Å². The van der Waals surface area contributed by atoms with E-state index in [-0.39, 0.29) is 0 Å². The highest BCUT2D eigenvalue weighted by molar-refractivity contribution is 5.75. The monoisotopic (exact) mass is 286 g/mol. The molecule has 1 aliphatic rings. The first-order valence-electron chi connectivity index (χ1n) is 8.06. The Hall–Kier alpha value is -1.39. The zero-order valence-electron chi connectivity index (χ0n) is 13.1. The summed E-state index contributed by atoms with van der Waals surface area (Å²) in [6.45, 7) is 5.43. The molecule has 2 N–H and O–H groups in total. The van der Waals surface area contributed by atoms with Crippen molar-refractivity contribution in [2.75, 3.05) is 19.6 Å². The van der Waals surface area contributed by atoms with E-state index in [9.17, 15) is 0 Å². The van der Waals surface area contributed by atoms with Gasteiger partial charge in [0.05, 0.1) is 17.1 Å². The number of nitrogens with zero attached hydrogens (tertiary/aromatic N) is 3. The molecule has 1 unspecified atom stereocenters. The summed E-state index contributed by atoms with van der Waals surface area (Å²) in [7, 11) is 2.13. The zero-order chi connectivity index (χ0) is 14.8. The smallest absolute Gasteiger partial charge is 0.126 e. The molecule has 114 valence electrons.